The van der Waals surface area contributed by atoms with Gasteiger partial charge < -0.3 is 20.6 Å². The topological polar surface area (TPSA) is 94.6 Å². The van der Waals surface area contributed by atoms with Gasteiger partial charge in [-0.2, -0.15) is 0 Å². The number of halogens is 1. The van der Waals surface area contributed by atoms with Crippen molar-refractivity contribution in [1.29, 1.82) is 0 Å². The Hall–Kier alpha value is -1.51. The van der Waals surface area contributed by atoms with Crippen molar-refractivity contribution in [2.75, 3.05) is 13.6 Å². The number of aromatic nitrogens is 1. The summed E-state index contributed by atoms with van der Waals surface area (Å²) in [6.07, 6.45) is 13.8. The maximum atomic E-state index is 13.1. The lowest BCUT2D eigenvalue weighted by Crippen LogP contribution is -2.54. The van der Waals surface area contributed by atoms with E-state index in [0.29, 0.717) is 25.3 Å². The molecule has 0 bridgehead atoms. The number of nitrogens with one attached hydrogen (secondary N) is 2. The van der Waals surface area contributed by atoms with E-state index in [9.17, 15) is 14.7 Å². The molecule has 1 saturated carbocycles. The van der Waals surface area contributed by atoms with E-state index < -0.39 is 12.1 Å². The van der Waals surface area contributed by atoms with Gasteiger partial charge in [-0.05, 0) is 66.1 Å². The molecule has 1 aliphatic heterocycles. The van der Waals surface area contributed by atoms with Gasteiger partial charge in [0.2, 0.25) is 11.8 Å². The molecule has 2 heterocycles. The second-order valence-electron chi connectivity index (χ2n) is 10.7. The first-order valence-electron chi connectivity index (χ1n) is 13.3. The molecule has 0 spiro atoms. The molecule has 196 valence electrons. The number of hydrogen-bond acceptors (Lipinski definition) is 5. The van der Waals surface area contributed by atoms with Crippen LogP contribution < -0.4 is 10.6 Å². The Morgan fingerprint density at radius 1 is 1.17 bits per heavy atom. The first-order valence-corrected chi connectivity index (χ1v) is 14.1. The summed E-state index contributed by atoms with van der Waals surface area (Å²) < 4.78 is 0.940. The van der Waals surface area contributed by atoms with Crippen LogP contribution in [0.4, 0.5) is 0 Å². The Balaban J connectivity index is 1.67. The van der Waals surface area contributed by atoms with Crippen LogP contribution in [0.25, 0.3) is 0 Å². The van der Waals surface area contributed by atoms with Gasteiger partial charge in [-0.15, -0.1) is 0 Å². The van der Waals surface area contributed by atoms with Gasteiger partial charge in [0.15, 0.2) is 0 Å². The number of likely N-dealkylation sites (N-methyl/N-ethyl adjacent to an activating group) is 1. The highest BCUT2D eigenvalue weighted by atomic mass is 79.9. The normalized spacial score (nSPS) is 27.8. The summed E-state index contributed by atoms with van der Waals surface area (Å²) in [6, 6.07) is 1.13. The van der Waals surface area contributed by atoms with Crippen LogP contribution in [0.2, 0.25) is 0 Å². The Labute approximate surface area is 219 Å². The number of pyridine rings is 1. The van der Waals surface area contributed by atoms with E-state index in [1.165, 1.54) is 12.8 Å². The van der Waals surface area contributed by atoms with Crippen molar-refractivity contribution < 1.29 is 14.7 Å². The van der Waals surface area contributed by atoms with Gasteiger partial charge in [0.25, 0.3) is 0 Å². The quantitative estimate of drug-likeness (QED) is 0.508. The van der Waals surface area contributed by atoms with Gasteiger partial charge in [0, 0.05) is 42.4 Å². The third-order valence-corrected chi connectivity index (χ3v) is 8.23. The fourth-order valence-electron chi connectivity index (χ4n) is 5.02. The molecule has 1 aliphatic carbocycles. The highest BCUT2D eigenvalue weighted by molar-refractivity contribution is 9.10. The van der Waals surface area contributed by atoms with Crippen LogP contribution in [-0.2, 0) is 15.1 Å². The molecular weight excluding hydrogens is 508 g/mol. The molecule has 2 amide bonds. The molecule has 0 aromatic carbocycles. The minimum Gasteiger partial charge on any atom is -0.390 e. The smallest absolute Gasteiger partial charge is 0.242 e. The zero-order valence-corrected chi connectivity index (χ0v) is 23.1. The average Bonchev–Trinajstić information content (AvgIpc) is 3.63. The van der Waals surface area contributed by atoms with E-state index in [4.69, 9.17) is 0 Å². The molecule has 0 unspecified atom stereocenters. The molecule has 1 aromatic rings. The van der Waals surface area contributed by atoms with Gasteiger partial charge >= 0.3 is 0 Å². The van der Waals surface area contributed by atoms with Crippen LogP contribution in [0.3, 0.4) is 0 Å². The minimum absolute atomic E-state index is 0.00480. The Kier molecular flexibility index (Phi) is 10.5. The molecule has 3 N–H and O–H groups in total. The summed E-state index contributed by atoms with van der Waals surface area (Å²) in [5.41, 5.74) is 0.953. The van der Waals surface area contributed by atoms with Gasteiger partial charge in [-0.1, -0.05) is 45.4 Å². The van der Waals surface area contributed by atoms with Crippen LogP contribution in [-0.4, -0.2) is 58.6 Å². The van der Waals surface area contributed by atoms with Crippen molar-refractivity contribution in [2.45, 2.75) is 108 Å². The first-order chi connectivity index (χ1) is 16.7. The van der Waals surface area contributed by atoms with E-state index in [0.717, 1.165) is 55.0 Å². The summed E-state index contributed by atoms with van der Waals surface area (Å²) in [5, 5.41) is 17.9. The molecule has 1 aromatic heterocycles. The first kappa shape index (κ1) is 28.1. The number of carbonyl (C=O) groups excluding carboxylic acids is 2. The number of carbonyl (C=O) groups is 2. The van der Waals surface area contributed by atoms with Crippen LogP contribution in [0.5, 0.6) is 0 Å². The third kappa shape index (κ3) is 8.25. The number of aliphatic hydroxyl groups is 1. The number of nitrogens with zero attached hydrogens (tertiary/aromatic N) is 2. The Morgan fingerprint density at radius 3 is 2.54 bits per heavy atom. The summed E-state index contributed by atoms with van der Waals surface area (Å²) in [7, 11) is 1.70. The van der Waals surface area contributed by atoms with Crippen molar-refractivity contribution in [2.24, 2.45) is 5.92 Å². The lowest BCUT2D eigenvalue weighted by atomic mass is 9.92. The van der Waals surface area contributed by atoms with E-state index >= 15 is 0 Å². The number of hydrogen-bond donors (Lipinski definition) is 3. The lowest BCUT2D eigenvalue weighted by molar-refractivity contribution is -0.139. The highest BCUT2D eigenvalue weighted by Crippen LogP contribution is 2.45. The fraction of sp³-hybridized carbons (Fsp3) is 0.741. The number of amides is 2. The zero-order valence-electron chi connectivity index (χ0n) is 21.6. The Morgan fingerprint density at radius 2 is 1.86 bits per heavy atom. The van der Waals surface area contributed by atoms with Crippen LogP contribution in [0.15, 0.2) is 22.9 Å². The predicted molar refractivity (Wildman–Crippen MR) is 142 cm³/mol. The molecule has 35 heavy (non-hydrogen) atoms. The largest absolute Gasteiger partial charge is 0.390 e. The summed E-state index contributed by atoms with van der Waals surface area (Å²) >= 11 is 3.50. The molecule has 3 rings (SSSR count). The van der Waals surface area contributed by atoms with Crippen molar-refractivity contribution in [1.82, 2.24) is 20.5 Å². The number of aliphatic hydroxyl groups excluding tert-OH is 1. The molecule has 0 radical (unpaired) electrons. The summed E-state index contributed by atoms with van der Waals surface area (Å²) in [6.45, 7) is 4.35. The van der Waals surface area contributed by atoms with Crippen molar-refractivity contribution in [3.63, 3.8) is 0 Å². The van der Waals surface area contributed by atoms with Crippen LogP contribution >= 0.6 is 15.9 Å². The van der Waals surface area contributed by atoms with Crippen molar-refractivity contribution in [3.05, 3.63) is 28.5 Å². The van der Waals surface area contributed by atoms with E-state index in [1.54, 1.807) is 25.1 Å². The monoisotopic (exact) mass is 550 g/mol. The highest BCUT2D eigenvalue weighted by Gasteiger charge is 2.45. The lowest BCUT2D eigenvalue weighted by Gasteiger charge is -2.31. The predicted octanol–water partition coefficient (Wildman–Crippen LogP) is 4.28. The van der Waals surface area contributed by atoms with Gasteiger partial charge in [-0.25, -0.2) is 0 Å². The average molecular weight is 552 g/mol. The molecule has 1 saturated heterocycles. The standard InChI is InChI=1S/C27H43BrN4O3/c1-19-10-8-6-4-5-7-9-11-25(34)32(3)20(2)26(35)31-23(14-19)24(33)18-30-27(12-13-27)21-15-22(28)17-29-16-21/h15-17,19-20,23-24,30,33H,4-14,18H2,1-3H3,(H,31,35)/t19-,20+,23+,24-/m1/s1. The van der Waals surface area contributed by atoms with Gasteiger partial charge in [0.05, 0.1) is 12.1 Å². The zero-order chi connectivity index (χ0) is 25.4. The third-order valence-electron chi connectivity index (χ3n) is 7.80. The van der Waals surface area contributed by atoms with E-state index in [-0.39, 0.29) is 23.4 Å². The summed E-state index contributed by atoms with van der Waals surface area (Å²) in [4.78, 5) is 31.5. The van der Waals surface area contributed by atoms with Gasteiger partial charge in [0.1, 0.15) is 6.04 Å². The molecule has 2 aliphatic rings. The maximum absolute atomic E-state index is 13.1. The van der Waals surface area contributed by atoms with Crippen LogP contribution in [0, 0.1) is 5.92 Å². The molecule has 2 fully saturated rings. The van der Waals surface area contributed by atoms with Crippen LogP contribution in [0.1, 0.15) is 90.0 Å². The van der Waals surface area contributed by atoms with Crippen molar-refractivity contribution in [3.8, 4) is 0 Å². The Bertz CT molecular complexity index is 847. The molecule has 4 atom stereocenters. The van der Waals surface area contributed by atoms with E-state index in [2.05, 4.69) is 44.5 Å². The van der Waals surface area contributed by atoms with Gasteiger partial charge in [-0.3, -0.25) is 14.6 Å². The summed E-state index contributed by atoms with van der Waals surface area (Å²) in [5.74, 6) is 0.188. The molecular formula is C27H43BrN4O3. The number of rotatable bonds is 5. The maximum Gasteiger partial charge on any atom is 0.242 e. The SMILES string of the molecule is C[C@@H]1CCCCCCCCC(=O)N(C)[C@@H](C)C(=O)N[C@H]([C@H](O)CNC2(c3cncc(Br)c3)CC2)C1. The second-order valence-corrected chi connectivity index (χ2v) is 11.6. The van der Waals surface area contributed by atoms with Crippen molar-refractivity contribution >= 4 is 27.7 Å². The fourth-order valence-corrected chi connectivity index (χ4v) is 5.38. The molecule has 8 heteroatoms. The minimum atomic E-state index is -0.730. The van der Waals surface area contributed by atoms with E-state index in [1.807, 2.05) is 6.20 Å². The second kappa shape index (κ2) is 13.2. The molecule has 7 nitrogen and oxygen atoms in total.